The Hall–Kier alpha value is -2.89. The van der Waals surface area contributed by atoms with Crippen LogP contribution < -0.4 is 5.32 Å². The second kappa shape index (κ2) is 7.62. The number of rotatable bonds is 4. The molecule has 1 fully saturated rings. The maximum absolute atomic E-state index is 13.2. The molecule has 0 aliphatic carbocycles. The minimum atomic E-state index is 0.0275. The fraction of sp³-hybridized carbons (Fsp3) is 0.409. The Kier molecular flexibility index (Phi) is 5.03. The van der Waals surface area contributed by atoms with Gasteiger partial charge in [-0.1, -0.05) is 26.0 Å². The van der Waals surface area contributed by atoms with Gasteiger partial charge in [0.2, 0.25) is 5.78 Å². The molecule has 1 atom stereocenters. The van der Waals surface area contributed by atoms with Crippen LogP contribution in [0.5, 0.6) is 0 Å². The van der Waals surface area contributed by atoms with Crippen molar-refractivity contribution in [1.29, 1.82) is 0 Å². The Balaban J connectivity index is 1.48. The average molecular weight is 377 g/mol. The van der Waals surface area contributed by atoms with Gasteiger partial charge in [0.05, 0.1) is 5.69 Å². The molecule has 0 spiro atoms. The number of anilines is 1. The summed E-state index contributed by atoms with van der Waals surface area (Å²) in [5.74, 6) is 1.12. The number of nitrogens with zero attached hydrogens (tertiary/aromatic N) is 4. The quantitative estimate of drug-likeness (QED) is 0.749. The first-order chi connectivity index (χ1) is 13.5. The molecule has 1 aromatic carbocycles. The molecule has 0 saturated carbocycles. The van der Waals surface area contributed by atoms with Crippen LogP contribution in [0.4, 0.5) is 5.69 Å². The number of amides is 1. The molecule has 6 heteroatoms. The lowest BCUT2D eigenvalue weighted by atomic mass is 10.0. The molecule has 3 heterocycles. The van der Waals surface area contributed by atoms with Crippen molar-refractivity contribution in [2.45, 2.75) is 45.6 Å². The van der Waals surface area contributed by atoms with Gasteiger partial charge >= 0.3 is 0 Å². The molecule has 0 radical (unpaired) electrons. The maximum atomic E-state index is 13.2. The summed E-state index contributed by atoms with van der Waals surface area (Å²) >= 11 is 0. The molecule has 1 saturated heterocycles. The first kappa shape index (κ1) is 18.5. The number of aryl methyl sites for hydroxylation is 1. The van der Waals surface area contributed by atoms with Gasteiger partial charge in [-0.25, -0.2) is 9.97 Å². The molecular formula is C22H27N5O. The summed E-state index contributed by atoms with van der Waals surface area (Å²) in [7, 11) is 0. The van der Waals surface area contributed by atoms with Gasteiger partial charge in [-0.15, -0.1) is 0 Å². The molecule has 4 rings (SSSR count). The molecule has 146 valence electrons. The van der Waals surface area contributed by atoms with Crippen molar-refractivity contribution in [3.63, 3.8) is 0 Å². The lowest BCUT2D eigenvalue weighted by molar-refractivity contribution is 0.0707. The fourth-order valence-electron chi connectivity index (χ4n) is 3.88. The van der Waals surface area contributed by atoms with Crippen LogP contribution in [0.1, 0.15) is 54.4 Å². The topological polar surface area (TPSA) is 62.5 Å². The molecule has 1 N–H and O–H groups in total. The number of hydrogen-bond acceptors (Lipinski definition) is 4. The van der Waals surface area contributed by atoms with E-state index in [1.54, 1.807) is 10.6 Å². The molecule has 0 bridgehead atoms. The minimum Gasteiger partial charge on any atom is -0.381 e. The smallest absolute Gasteiger partial charge is 0.272 e. The Labute approximate surface area is 165 Å². The number of carbonyl (C=O) groups excluding carboxylic acids is 1. The van der Waals surface area contributed by atoms with Crippen molar-refractivity contribution >= 4 is 17.4 Å². The monoisotopic (exact) mass is 377 g/mol. The predicted molar refractivity (Wildman–Crippen MR) is 111 cm³/mol. The van der Waals surface area contributed by atoms with E-state index < -0.39 is 0 Å². The van der Waals surface area contributed by atoms with Crippen LogP contribution in [0, 0.1) is 6.92 Å². The van der Waals surface area contributed by atoms with E-state index in [9.17, 15) is 4.79 Å². The van der Waals surface area contributed by atoms with Crippen LogP contribution in [0.2, 0.25) is 0 Å². The Morgan fingerprint density at radius 1 is 1.25 bits per heavy atom. The molecule has 3 aromatic rings. The first-order valence-electron chi connectivity index (χ1n) is 9.98. The zero-order valence-electron chi connectivity index (χ0n) is 16.7. The summed E-state index contributed by atoms with van der Waals surface area (Å²) in [5.41, 5.74) is 3.79. The zero-order chi connectivity index (χ0) is 19.7. The lowest BCUT2D eigenvalue weighted by Crippen LogP contribution is -2.45. The van der Waals surface area contributed by atoms with Gasteiger partial charge in [0.25, 0.3) is 5.91 Å². The van der Waals surface area contributed by atoms with E-state index in [2.05, 4.69) is 53.4 Å². The Morgan fingerprint density at radius 3 is 2.79 bits per heavy atom. The van der Waals surface area contributed by atoms with Crippen molar-refractivity contribution in [3.8, 4) is 0 Å². The average Bonchev–Trinajstić information content (AvgIpc) is 3.03. The number of nitrogens with one attached hydrogen (secondary N) is 1. The number of imidazole rings is 1. The fourth-order valence-corrected chi connectivity index (χ4v) is 3.88. The standard InChI is InChI=1S/C22H27N5O/c1-15(2)17-7-9-18(10-8-17)25-19-6-4-12-26(14-19)21(28)20-16(3)24-22-23-11-5-13-27(20)22/h5,7-11,13,15,19,25H,4,6,12,14H2,1-3H3/t19-/m1/s1. The summed E-state index contributed by atoms with van der Waals surface area (Å²) in [6, 6.07) is 10.7. The third kappa shape index (κ3) is 3.59. The summed E-state index contributed by atoms with van der Waals surface area (Å²) in [5, 5.41) is 3.60. The van der Waals surface area contributed by atoms with Crippen LogP contribution in [-0.4, -0.2) is 44.3 Å². The largest absolute Gasteiger partial charge is 0.381 e. The second-order valence-corrected chi connectivity index (χ2v) is 7.85. The number of aromatic nitrogens is 3. The lowest BCUT2D eigenvalue weighted by Gasteiger charge is -2.33. The molecule has 1 amide bonds. The highest BCUT2D eigenvalue weighted by Crippen LogP contribution is 2.22. The second-order valence-electron chi connectivity index (χ2n) is 7.85. The van der Waals surface area contributed by atoms with E-state index in [1.807, 2.05) is 24.1 Å². The van der Waals surface area contributed by atoms with E-state index >= 15 is 0 Å². The van der Waals surface area contributed by atoms with E-state index in [1.165, 1.54) is 5.56 Å². The highest BCUT2D eigenvalue weighted by atomic mass is 16.2. The molecule has 1 aliphatic heterocycles. The number of fused-ring (bicyclic) bond motifs is 1. The van der Waals surface area contributed by atoms with Gasteiger partial charge in [0, 0.05) is 37.2 Å². The van der Waals surface area contributed by atoms with Crippen molar-refractivity contribution in [2.24, 2.45) is 0 Å². The van der Waals surface area contributed by atoms with E-state index in [-0.39, 0.29) is 11.9 Å². The highest BCUT2D eigenvalue weighted by molar-refractivity contribution is 5.94. The molecular weight excluding hydrogens is 350 g/mol. The zero-order valence-corrected chi connectivity index (χ0v) is 16.7. The van der Waals surface area contributed by atoms with Crippen LogP contribution in [0.3, 0.4) is 0 Å². The van der Waals surface area contributed by atoms with Crippen molar-refractivity contribution in [1.82, 2.24) is 19.3 Å². The van der Waals surface area contributed by atoms with Crippen LogP contribution >= 0.6 is 0 Å². The first-order valence-corrected chi connectivity index (χ1v) is 9.98. The van der Waals surface area contributed by atoms with Gasteiger partial charge in [-0.3, -0.25) is 9.20 Å². The Bertz CT molecular complexity index is 976. The molecule has 1 aliphatic rings. The number of hydrogen-bond donors (Lipinski definition) is 1. The number of likely N-dealkylation sites (tertiary alicyclic amines) is 1. The van der Waals surface area contributed by atoms with Gasteiger partial charge in [-0.05, 0) is 49.4 Å². The van der Waals surface area contributed by atoms with Crippen molar-refractivity contribution < 1.29 is 4.79 Å². The third-order valence-corrected chi connectivity index (χ3v) is 5.44. The molecule has 6 nitrogen and oxygen atoms in total. The summed E-state index contributed by atoms with van der Waals surface area (Å²) < 4.78 is 1.79. The maximum Gasteiger partial charge on any atom is 0.272 e. The summed E-state index contributed by atoms with van der Waals surface area (Å²) in [6.45, 7) is 7.74. The minimum absolute atomic E-state index is 0.0275. The van der Waals surface area contributed by atoms with E-state index in [0.717, 1.165) is 30.8 Å². The summed E-state index contributed by atoms with van der Waals surface area (Å²) in [4.78, 5) is 23.8. The summed E-state index contributed by atoms with van der Waals surface area (Å²) in [6.07, 6.45) is 5.60. The van der Waals surface area contributed by atoms with E-state index in [0.29, 0.717) is 23.9 Å². The van der Waals surface area contributed by atoms with Crippen LogP contribution in [-0.2, 0) is 0 Å². The normalized spacial score (nSPS) is 17.3. The Morgan fingerprint density at radius 2 is 2.04 bits per heavy atom. The predicted octanol–water partition coefficient (Wildman–Crippen LogP) is 3.88. The number of carbonyl (C=O) groups is 1. The molecule has 0 unspecified atom stereocenters. The van der Waals surface area contributed by atoms with Gasteiger partial charge in [-0.2, -0.15) is 0 Å². The van der Waals surface area contributed by atoms with Crippen LogP contribution in [0.15, 0.2) is 42.7 Å². The van der Waals surface area contributed by atoms with Gasteiger partial charge in [0.1, 0.15) is 5.69 Å². The van der Waals surface area contributed by atoms with E-state index in [4.69, 9.17) is 0 Å². The third-order valence-electron chi connectivity index (χ3n) is 5.44. The molecule has 28 heavy (non-hydrogen) atoms. The van der Waals surface area contributed by atoms with Crippen LogP contribution in [0.25, 0.3) is 5.78 Å². The molecule has 2 aromatic heterocycles. The number of piperidine rings is 1. The van der Waals surface area contributed by atoms with Gasteiger partial charge < -0.3 is 10.2 Å². The van der Waals surface area contributed by atoms with Gasteiger partial charge in [0.15, 0.2) is 0 Å². The van der Waals surface area contributed by atoms with Crippen molar-refractivity contribution in [3.05, 3.63) is 59.7 Å². The SMILES string of the molecule is Cc1nc2ncccn2c1C(=O)N1CCC[C@@H](Nc2ccc(C(C)C)cc2)C1. The van der Waals surface area contributed by atoms with Crippen molar-refractivity contribution in [2.75, 3.05) is 18.4 Å². The number of benzene rings is 1. The highest BCUT2D eigenvalue weighted by Gasteiger charge is 2.28.